The van der Waals surface area contributed by atoms with E-state index in [2.05, 4.69) is 6.92 Å². The zero-order chi connectivity index (χ0) is 19.2. The molecule has 0 N–H and O–H groups in total. The van der Waals surface area contributed by atoms with Crippen LogP contribution >= 0.6 is 0 Å². The molecule has 0 amide bonds. The van der Waals surface area contributed by atoms with Crippen molar-refractivity contribution in [3.8, 4) is 0 Å². The fourth-order valence-corrected chi connectivity index (χ4v) is 4.11. The molecule has 1 aromatic carbocycles. The van der Waals surface area contributed by atoms with Crippen LogP contribution in [0.1, 0.15) is 95.1 Å². The average Bonchev–Trinajstić information content (AvgIpc) is 2.62. The molecule has 1 saturated carbocycles. The minimum absolute atomic E-state index is 0.0299. The Morgan fingerprint density at radius 3 is 2.00 bits per heavy atom. The van der Waals surface area contributed by atoms with E-state index in [0.29, 0.717) is 5.92 Å². The van der Waals surface area contributed by atoms with E-state index in [4.69, 9.17) is 0 Å². The Labute approximate surface area is 155 Å². The van der Waals surface area contributed by atoms with E-state index in [1.807, 2.05) is 0 Å². The molecule has 1 aliphatic rings. The van der Waals surface area contributed by atoms with Gasteiger partial charge in [-0.2, -0.15) is 17.6 Å². The van der Waals surface area contributed by atoms with Crippen molar-refractivity contribution < 1.29 is 17.6 Å². The highest BCUT2D eigenvalue weighted by Crippen LogP contribution is 2.46. The van der Waals surface area contributed by atoms with E-state index in [1.165, 1.54) is 57.6 Å². The van der Waals surface area contributed by atoms with Gasteiger partial charge < -0.3 is 0 Å². The number of hydrogen-bond acceptors (Lipinski definition) is 0. The zero-order valence-electron chi connectivity index (χ0n) is 16.0. The maximum Gasteiger partial charge on any atom is 0.335 e. The molecular weight excluding hydrogens is 340 g/mol. The molecule has 26 heavy (non-hydrogen) atoms. The maximum absolute atomic E-state index is 14.1. The summed E-state index contributed by atoms with van der Waals surface area (Å²) >= 11 is 0. The van der Waals surface area contributed by atoms with Gasteiger partial charge in [-0.15, -0.1) is 0 Å². The number of halogens is 4. The van der Waals surface area contributed by atoms with Crippen molar-refractivity contribution >= 4 is 0 Å². The van der Waals surface area contributed by atoms with Crippen molar-refractivity contribution in [2.75, 3.05) is 0 Å². The number of benzene rings is 1. The molecule has 0 unspecified atom stereocenters. The topological polar surface area (TPSA) is 0 Å². The quantitative estimate of drug-likeness (QED) is 0.304. The number of unbranched alkanes of at least 4 members (excludes halogenated alkanes) is 2. The second kappa shape index (κ2) is 9.23. The molecule has 1 aliphatic carbocycles. The fraction of sp³-hybridized carbons (Fsp3) is 0.727. The van der Waals surface area contributed by atoms with Crippen molar-refractivity contribution in [1.29, 1.82) is 0 Å². The van der Waals surface area contributed by atoms with Gasteiger partial charge in [-0.25, -0.2) is 0 Å². The minimum atomic E-state index is -4.11. The molecule has 0 spiro atoms. The predicted molar refractivity (Wildman–Crippen MR) is 99.0 cm³/mol. The Hall–Kier alpha value is -1.06. The summed E-state index contributed by atoms with van der Waals surface area (Å²) in [5, 5.41) is 0. The van der Waals surface area contributed by atoms with Crippen LogP contribution in [0.2, 0.25) is 0 Å². The highest BCUT2D eigenvalue weighted by Gasteiger charge is 2.56. The standard InChI is InChI=1S/C22H32F4/c1-3-5-6-7-17-8-10-18(11-9-17)19-12-14-20(15-13-19)22(25,26)21(23,24)16-4-2/h12-15,17-18H,3-11,16H2,1-2H3/t17-,18-. The number of rotatable bonds is 9. The van der Waals surface area contributed by atoms with Crippen molar-refractivity contribution in [1.82, 2.24) is 0 Å². The first-order valence-corrected chi connectivity index (χ1v) is 10.2. The molecule has 2 rings (SSSR count). The molecule has 0 bridgehead atoms. The Kier molecular flexibility index (Phi) is 7.54. The molecule has 148 valence electrons. The molecule has 0 aromatic heterocycles. The lowest BCUT2D eigenvalue weighted by atomic mass is 9.77. The largest absolute Gasteiger partial charge is 0.335 e. The van der Waals surface area contributed by atoms with Gasteiger partial charge in [0.25, 0.3) is 0 Å². The van der Waals surface area contributed by atoms with Crippen LogP contribution in [0.25, 0.3) is 0 Å². The normalized spacial score (nSPS) is 21.8. The van der Waals surface area contributed by atoms with E-state index in [-0.39, 0.29) is 6.42 Å². The van der Waals surface area contributed by atoms with Gasteiger partial charge in [0.1, 0.15) is 0 Å². The third-order valence-electron chi connectivity index (χ3n) is 5.83. The molecule has 4 heteroatoms. The van der Waals surface area contributed by atoms with Gasteiger partial charge in [-0.1, -0.05) is 70.2 Å². The van der Waals surface area contributed by atoms with Crippen molar-refractivity contribution in [3.63, 3.8) is 0 Å². The van der Waals surface area contributed by atoms with Gasteiger partial charge in [-0.05, 0) is 43.1 Å². The summed E-state index contributed by atoms with van der Waals surface area (Å²) in [5.74, 6) is -6.96. The van der Waals surface area contributed by atoms with Gasteiger partial charge in [0.15, 0.2) is 0 Å². The fourth-order valence-electron chi connectivity index (χ4n) is 4.11. The van der Waals surface area contributed by atoms with E-state index >= 15 is 0 Å². The van der Waals surface area contributed by atoms with E-state index < -0.39 is 23.8 Å². The highest BCUT2D eigenvalue weighted by molar-refractivity contribution is 5.29. The number of hydrogen-bond donors (Lipinski definition) is 0. The zero-order valence-corrected chi connectivity index (χ0v) is 16.0. The maximum atomic E-state index is 14.1. The van der Waals surface area contributed by atoms with Crippen molar-refractivity contribution in [3.05, 3.63) is 35.4 Å². The van der Waals surface area contributed by atoms with E-state index in [1.54, 1.807) is 12.1 Å². The summed E-state index contributed by atoms with van der Waals surface area (Å²) < 4.78 is 55.8. The van der Waals surface area contributed by atoms with Crippen LogP contribution in [-0.4, -0.2) is 5.92 Å². The van der Waals surface area contributed by atoms with Crippen LogP contribution in [0.3, 0.4) is 0 Å². The molecule has 0 nitrogen and oxygen atoms in total. The highest BCUT2D eigenvalue weighted by atomic mass is 19.3. The first-order chi connectivity index (χ1) is 12.3. The average molecular weight is 372 g/mol. The van der Waals surface area contributed by atoms with Crippen LogP contribution in [0.4, 0.5) is 17.6 Å². The Morgan fingerprint density at radius 2 is 1.46 bits per heavy atom. The van der Waals surface area contributed by atoms with Crippen LogP contribution in [0.5, 0.6) is 0 Å². The van der Waals surface area contributed by atoms with Gasteiger partial charge in [0.2, 0.25) is 0 Å². The molecule has 0 atom stereocenters. The van der Waals surface area contributed by atoms with Crippen LogP contribution in [0.15, 0.2) is 24.3 Å². The van der Waals surface area contributed by atoms with Crippen LogP contribution in [-0.2, 0) is 5.92 Å². The van der Waals surface area contributed by atoms with Gasteiger partial charge in [0.05, 0.1) is 0 Å². The molecule has 0 heterocycles. The lowest BCUT2D eigenvalue weighted by molar-refractivity contribution is -0.219. The van der Waals surface area contributed by atoms with Gasteiger partial charge in [0, 0.05) is 12.0 Å². The predicted octanol–water partition coefficient (Wildman–Crippen LogP) is 8.07. The summed E-state index contributed by atoms with van der Waals surface area (Å²) in [6.45, 7) is 3.70. The first kappa shape index (κ1) is 21.2. The monoisotopic (exact) mass is 372 g/mol. The lowest BCUT2D eigenvalue weighted by Crippen LogP contribution is -2.37. The molecule has 1 fully saturated rings. The smallest absolute Gasteiger partial charge is 0.199 e. The van der Waals surface area contributed by atoms with Crippen molar-refractivity contribution in [2.45, 2.75) is 95.8 Å². The summed E-state index contributed by atoms with van der Waals surface area (Å²) in [5.41, 5.74) is 0.434. The molecule has 0 radical (unpaired) electrons. The van der Waals surface area contributed by atoms with E-state index in [0.717, 1.165) is 24.3 Å². The summed E-state index contributed by atoms with van der Waals surface area (Å²) in [6.07, 6.45) is 8.84. The van der Waals surface area contributed by atoms with Gasteiger partial charge >= 0.3 is 11.8 Å². The molecular formula is C22H32F4. The lowest BCUT2D eigenvalue weighted by Gasteiger charge is -2.30. The molecule has 1 aromatic rings. The third kappa shape index (κ3) is 5.01. The van der Waals surface area contributed by atoms with Crippen molar-refractivity contribution in [2.24, 2.45) is 5.92 Å². The number of alkyl halides is 4. The summed E-state index contributed by atoms with van der Waals surface area (Å²) in [7, 11) is 0. The molecule has 0 saturated heterocycles. The second-order valence-electron chi connectivity index (χ2n) is 7.86. The Morgan fingerprint density at radius 1 is 0.846 bits per heavy atom. The minimum Gasteiger partial charge on any atom is -0.199 e. The molecule has 0 aliphatic heterocycles. The summed E-state index contributed by atoms with van der Waals surface area (Å²) in [6, 6.07) is 5.67. The van der Waals surface area contributed by atoms with Crippen LogP contribution in [0, 0.1) is 5.92 Å². The Balaban J connectivity index is 1.96. The third-order valence-corrected chi connectivity index (χ3v) is 5.83. The first-order valence-electron chi connectivity index (χ1n) is 10.2. The summed E-state index contributed by atoms with van der Waals surface area (Å²) in [4.78, 5) is 0. The van der Waals surface area contributed by atoms with E-state index in [9.17, 15) is 17.6 Å². The van der Waals surface area contributed by atoms with Gasteiger partial charge in [-0.3, -0.25) is 0 Å². The van der Waals surface area contributed by atoms with Crippen LogP contribution < -0.4 is 0 Å². The second-order valence-corrected chi connectivity index (χ2v) is 7.86. The Bertz CT molecular complexity index is 528. The SMILES string of the molecule is CCCCC[C@H]1CC[C@H](c2ccc(C(F)(F)C(F)(F)CCC)cc2)CC1.